The quantitative estimate of drug-likeness (QED) is 0.862. The highest BCUT2D eigenvalue weighted by molar-refractivity contribution is 5.95. The first-order chi connectivity index (χ1) is 11.1. The minimum absolute atomic E-state index is 0.0236. The number of likely N-dealkylation sites (tertiary alicyclic amines) is 1. The highest BCUT2D eigenvalue weighted by Gasteiger charge is 2.33. The second-order valence-corrected chi connectivity index (χ2v) is 6.55. The molecular formula is C17H23N3O3. The lowest BCUT2D eigenvalue weighted by molar-refractivity contribution is 0.0559. The van der Waals surface area contributed by atoms with Crippen molar-refractivity contribution in [3.05, 3.63) is 35.4 Å². The van der Waals surface area contributed by atoms with E-state index in [1.54, 1.807) is 19.3 Å². The fourth-order valence-corrected chi connectivity index (χ4v) is 3.04. The molecule has 1 aliphatic heterocycles. The van der Waals surface area contributed by atoms with E-state index >= 15 is 0 Å². The number of rotatable bonds is 4. The van der Waals surface area contributed by atoms with Gasteiger partial charge in [-0.3, -0.25) is 4.79 Å². The highest BCUT2D eigenvalue weighted by atomic mass is 16.5. The maximum absolute atomic E-state index is 12.8. The van der Waals surface area contributed by atoms with Crippen molar-refractivity contribution in [1.82, 2.24) is 15.0 Å². The third-order valence-corrected chi connectivity index (χ3v) is 4.21. The predicted octanol–water partition coefficient (Wildman–Crippen LogP) is 3.54. The van der Waals surface area contributed by atoms with Gasteiger partial charge in [0.1, 0.15) is 11.8 Å². The molecule has 0 aromatic carbocycles. The fraction of sp³-hybridized carbons (Fsp3) is 0.588. The number of carbonyl (C=O) groups excluding carboxylic acids is 1. The first-order valence-electron chi connectivity index (χ1n) is 8.23. The smallest absolute Gasteiger partial charge is 0.258 e. The summed E-state index contributed by atoms with van der Waals surface area (Å²) in [5, 5.41) is 4.06. The molecule has 23 heavy (non-hydrogen) atoms. The normalized spacial score (nSPS) is 18.6. The van der Waals surface area contributed by atoms with Crippen LogP contribution in [0.15, 0.2) is 21.3 Å². The van der Waals surface area contributed by atoms with E-state index in [-0.39, 0.29) is 11.9 Å². The molecule has 0 bridgehead atoms. The maximum Gasteiger partial charge on any atom is 0.258 e. The van der Waals surface area contributed by atoms with Crippen LogP contribution in [0.25, 0.3) is 0 Å². The number of aryl methyl sites for hydroxylation is 1. The zero-order valence-electron chi connectivity index (χ0n) is 13.9. The first-order valence-corrected chi connectivity index (χ1v) is 8.23. The summed E-state index contributed by atoms with van der Waals surface area (Å²) in [5.41, 5.74) is 0.610. The van der Waals surface area contributed by atoms with E-state index in [9.17, 15) is 4.79 Å². The van der Waals surface area contributed by atoms with Crippen LogP contribution in [0.5, 0.6) is 0 Å². The van der Waals surface area contributed by atoms with Crippen LogP contribution in [0, 0.1) is 12.8 Å². The van der Waals surface area contributed by atoms with E-state index in [1.165, 1.54) is 0 Å². The monoisotopic (exact) mass is 317 g/mol. The average molecular weight is 317 g/mol. The maximum atomic E-state index is 12.8. The number of piperidine rings is 1. The molecule has 1 fully saturated rings. The van der Waals surface area contributed by atoms with Gasteiger partial charge in [-0.2, -0.15) is 4.98 Å². The molecule has 6 nitrogen and oxygen atoms in total. The molecule has 0 unspecified atom stereocenters. The van der Waals surface area contributed by atoms with Crippen molar-refractivity contribution >= 4 is 5.91 Å². The van der Waals surface area contributed by atoms with Gasteiger partial charge < -0.3 is 13.8 Å². The third-order valence-electron chi connectivity index (χ3n) is 4.21. The van der Waals surface area contributed by atoms with Crippen LogP contribution in [0.3, 0.4) is 0 Å². The molecule has 1 amide bonds. The van der Waals surface area contributed by atoms with Crippen LogP contribution in [0.2, 0.25) is 0 Å². The SMILES string of the molecule is Cc1occc1C(=O)N1CCCC[C@@H]1c1nc(CC(C)C)no1. The average Bonchev–Trinajstić information content (AvgIpc) is 3.15. The van der Waals surface area contributed by atoms with Crippen molar-refractivity contribution < 1.29 is 13.7 Å². The van der Waals surface area contributed by atoms with Crippen molar-refractivity contribution in [1.29, 1.82) is 0 Å². The molecule has 0 N–H and O–H groups in total. The Morgan fingerprint density at radius 1 is 1.43 bits per heavy atom. The number of amides is 1. The number of aromatic nitrogens is 2. The van der Waals surface area contributed by atoms with Crippen molar-refractivity contribution in [3.8, 4) is 0 Å². The summed E-state index contributed by atoms with van der Waals surface area (Å²) in [5.74, 6) is 2.36. The zero-order chi connectivity index (χ0) is 16.4. The van der Waals surface area contributed by atoms with Crippen LogP contribution >= 0.6 is 0 Å². The van der Waals surface area contributed by atoms with Crippen molar-refractivity contribution in [3.63, 3.8) is 0 Å². The van der Waals surface area contributed by atoms with E-state index in [4.69, 9.17) is 8.94 Å². The molecule has 0 saturated carbocycles. The topological polar surface area (TPSA) is 72.4 Å². The molecule has 2 aromatic rings. The van der Waals surface area contributed by atoms with Gasteiger partial charge in [-0.15, -0.1) is 0 Å². The van der Waals surface area contributed by atoms with Crippen LogP contribution in [0.4, 0.5) is 0 Å². The van der Waals surface area contributed by atoms with Crippen LogP contribution < -0.4 is 0 Å². The fourth-order valence-electron chi connectivity index (χ4n) is 3.04. The van der Waals surface area contributed by atoms with Gasteiger partial charge in [0, 0.05) is 13.0 Å². The second kappa shape index (κ2) is 6.56. The molecule has 0 radical (unpaired) electrons. The lowest BCUT2D eigenvalue weighted by atomic mass is 10.0. The summed E-state index contributed by atoms with van der Waals surface area (Å²) < 4.78 is 10.7. The van der Waals surface area contributed by atoms with Crippen LogP contribution in [-0.2, 0) is 6.42 Å². The minimum Gasteiger partial charge on any atom is -0.469 e. The van der Waals surface area contributed by atoms with Crippen molar-refractivity contribution in [2.45, 2.75) is 52.5 Å². The number of hydrogen-bond acceptors (Lipinski definition) is 5. The van der Waals surface area contributed by atoms with E-state index < -0.39 is 0 Å². The molecule has 1 atom stereocenters. The third kappa shape index (κ3) is 3.30. The van der Waals surface area contributed by atoms with E-state index in [0.29, 0.717) is 35.5 Å². The summed E-state index contributed by atoms with van der Waals surface area (Å²) in [6, 6.07) is 1.58. The number of hydrogen-bond donors (Lipinski definition) is 0. The van der Waals surface area contributed by atoms with Crippen molar-refractivity contribution in [2.24, 2.45) is 5.92 Å². The Morgan fingerprint density at radius 3 is 2.96 bits per heavy atom. The molecule has 6 heteroatoms. The Balaban J connectivity index is 1.83. The Labute approximate surface area is 135 Å². The molecule has 1 saturated heterocycles. The van der Waals surface area contributed by atoms with Gasteiger partial charge in [0.15, 0.2) is 5.82 Å². The Bertz CT molecular complexity index is 674. The first kappa shape index (κ1) is 15.8. The van der Waals surface area contributed by atoms with Gasteiger partial charge >= 0.3 is 0 Å². The van der Waals surface area contributed by atoms with Crippen molar-refractivity contribution in [2.75, 3.05) is 6.54 Å². The summed E-state index contributed by atoms with van der Waals surface area (Å²) in [6.07, 6.45) is 5.23. The molecular weight excluding hydrogens is 294 g/mol. The summed E-state index contributed by atoms with van der Waals surface area (Å²) in [7, 11) is 0. The second-order valence-electron chi connectivity index (χ2n) is 6.55. The summed E-state index contributed by atoms with van der Waals surface area (Å²) in [6.45, 7) is 6.75. The molecule has 0 spiro atoms. The molecule has 3 rings (SSSR count). The Morgan fingerprint density at radius 2 is 2.26 bits per heavy atom. The van der Waals surface area contributed by atoms with Gasteiger partial charge in [0.25, 0.3) is 5.91 Å². The number of carbonyl (C=O) groups is 1. The number of furan rings is 1. The van der Waals surface area contributed by atoms with Gasteiger partial charge in [-0.05, 0) is 38.2 Å². The molecule has 1 aliphatic rings. The van der Waals surface area contributed by atoms with Gasteiger partial charge in [-0.25, -0.2) is 0 Å². The number of nitrogens with zero attached hydrogens (tertiary/aromatic N) is 3. The minimum atomic E-state index is -0.140. The lowest BCUT2D eigenvalue weighted by Crippen LogP contribution is -2.38. The van der Waals surface area contributed by atoms with Crippen LogP contribution in [-0.4, -0.2) is 27.5 Å². The summed E-state index contributed by atoms with van der Waals surface area (Å²) in [4.78, 5) is 19.2. The van der Waals surface area contributed by atoms with Crippen LogP contribution in [0.1, 0.15) is 67.0 Å². The molecule has 3 heterocycles. The molecule has 2 aromatic heterocycles. The standard InChI is InChI=1S/C17H23N3O3/c1-11(2)10-15-18-16(23-19-15)14-6-4-5-8-20(14)17(21)13-7-9-22-12(13)3/h7,9,11,14H,4-6,8,10H2,1-3H3/t14-/m1/s1. The largest absolute Gasteiger partial charge is 0.469 e. The lowest BCUT2D eigenvalue weighted by Gasteiger charge is -2.33. The van der Waals surface area contributed by atoms with E-state index in [2.05, 4.69) is 24.0 Å². The zero-order valence-corrected chi connectivity index (χ0v) is 13.9. The summed E-state index contributed by atoms with van der Waals surface area (Å²) >= 11 is 0. The van der Waals surface area contributed by atoms with Gasteiger partial charge in [0.2, 0.25) is 5.89 Å². The highest BCUT2D eigenvalue weighted by Crippen LogP contribution is 2.32. The Hall–Kier alpha value is -2.11. The van der Waals surface area contributed by atoms with E-state index in [1.807, 2.05) is 4.90 Å². The van der Waals surface area contributed by atoms with Gasteiger partial charge in [-0.1, -0.05) is 19.0 Å². The molecule has 124 valence electrons. The van der Waals surface area contributed by atoms with E-state index in [0.717, 1.165) is 25.7 Å². The molecule has 0 aliphatic carbocycles. The Kier molecular flexibility index (Phi) is 4.50. The van der Waals surface area contributed by atoms with Gasteiger partial charge in [0.05, 0.1) is 11.8 Å². The predicted molar refractivity (Wildman–Crippen MR) is 83.9 cm³/mol.